The van der Waals surface area contributed by atoms with Crippen LogP contribution in [0.4, 0.5) is 0 Å². The number of hydrogen-bond donors (Lipinski definition) is 3. The Morgan fingerprint density at radius 3 is 1.94 bits per heavy atom. The lowest BCUT2D eigenvalue weighted by Gasteiger charge is -2.09. The van der Waals surface area contributed by atoms with Gasteiger partial charge in [-0.15, -0.1) is 0 Å². The molecule has 0 aliphatic heterocycles. The molecule has 0 radical (unpaired) electrons. The first-order valence-corrected chi connectivity index (χ1v) is 4.34. The Morgan fingerprint density at radius 1 is 1.00 bits per heavy atom. The van der Waals surface area contributed by atoms with Gasteiger partial charge in [0.25, 0.3) is 0 Å². The molecule has 96 valence electrons. The van der Waals surface area contributed by atoms with Gasteiger partial charge in [0.2, 0.25) is 0 Å². The van der Waals surface area contributed by atoms with Crippen LogP contribution in [0, 0.1) is 0 Å². The summed E-state index contributed by atoms with van der Waals surface area (Å²) in [6, 6.07) is -1.39. The Morgan fingerprint density at radius 2 is 1.47 bits per heavy atom. The summed E-state index contributed by atoms with van der Waals surface area (Å²) in [7, 11) is 0. The zero-order valence-electron chi connectivity index (χ0n) is 8.62. The molecule has 0 saturated carbocycles. The van der Waals surface area contributed by atoms with E-state index in [0.29, 0.717) is 0 Å². The SMILES string of the molecule is NC(CC(=O)OCC(=O)O)C(=O)OCC(=O)O. The van der Waals surface area contributed by atoms with Gasteiger partial charge in [0.05, 0.1) is 6.42 Å². The van der Waals surface area contributed by atoms with Crippen molar-refractivity contribution < 1.29 is 38.9 Å². The Kier molecular flexibility index (Phi) is 6.26. The van der Waals surface area contributed by atoms with Gasteiger partial charge in [-0.05, 0) is 0 Å². The average Bonchev–Trinajstić information content (AvgIpc) is 2.22. The minimum atomic E-state index is -1.39. The summed E-state index contributed by atoms with van der Waals surface area (Å²) >= 11 is 0. The van der Waals surface area contributed by atoms with Gasteiger partial charge in [0.1, 0.15) is 6.04 Å². The molecule has 0 spiro atoms. The third kappa shape index (κ3) is 7.73. The Hall–Kier alpha value is -2.16. The van der Waals surface area contributed by atoms with Gasteiger partial charge in [-0.1, -0.05) is 0 Å². The molecular weight excluding hydrogens is 238 g/mol. The molecule has 9 nitrogen and oxygen atoms in total. The fraction of sp³-hybridized carbons (Fsp3) is 0.500. The third-order valence-corrected chi connectivity index (χ3v) is 1.38. The van der Waals surface area contributed by atoms with Crippen LogP contribution in [0.3, 0.4) is 0 Å². The first kappa shape index (κ1) is 14.8. The number of ether oxygens (including phenoxy) is 2. The van der Waals surface area contributed by atoms with Crippen LogP contribution in [0.15, 0.2) is 0 Å². The van der Waals surface area contributed by atoms with Crippen LogP contribution in [-0.4, -0.2) is 53.3 Å². The van der Waals surface area contributed by atoms with Crippen LogP contribution in [0.1, 0.15) is 6.42 Å². The normalized spacial score (nSPS) is 11.4. The fourth-order valence-electron chi connectivity index (χ4n) is 0.704. The van der Waals surface area contributed by atoms with E-state index < -0.39 is 49.6 Å². The van der Waals surface area contributed by atoms with Gasteiger partial charge in [-0.25, -0.2) is 9.59 Å². The second-order valence-electron chi connectivity index (χ2n) is 2.87. The molecule has 0 fully saturated rings. The van der Waals surface area contributed by atoms with Gasteiger partial charge in [0, 0.05) is 0 Å². The molecule has 0 aromatic rings. The standard InChI is InChI=1S/C8H11NO8/c9-4(8(15)17-3-6(12)13)1-7(14)16-2-5(10)11/h4H,1-3,9H2,(H,10,11)(H,12,13). The van der Waals surface area contributed by atoms with Crippen molar-refractivity contribution in [2.75, 3.05) is 13.2 Å². The lowest BCUT2D eigenvalue weighted by Crippen LogP contribution is -2.36. The fourth-order valence-corrected chi connectivity index (χ4v) is 0.704. The lowest BCUT2D eigenvalue weighted by molar-refractivity contribution is -0.159. The van der Waals surface area contributed by atoms with Crippen molar-refractivity contribution >= 4 is 23.9 Å². The van der Waals surface area contributed by atoms with Gasteiger partial charge in [-0.2, -0.15) is 0 Å². The minimum absolute atomic E-state index is 0.592. The summed E-state index contributed by atoms with van der Waals surface area (Å²) in [6.07, 6.45) is -0.592. The van der Waals surface area contributed by atoms with Crippen LogP contribution in [0.2, 0.25) is 0 Å². The van der Waals surface area contributed by atoms with Crippen LogP contribution >= 0.6 is 0 Å². The summed E-state index contributed by atoms with van der Waals surface area (Å²) in [5.41, 5.74) is 5.19. The molecule has 0 amide bonds. The molecule has 17 heavy (non-hydrogen) atoms. The topological polar surface area (TPSA) is 153 Å². The maximum absolute atomic E-state index is 11.0. The molecule has 1 unspecified atom stereocenters. The number of rotatable bonds is 7. The number of carboxylic acid groups (broad SMARTS) is 2. The van der Waals surface area contributed by atoms with Gasteiger partial charge in [-0.3, -0.25) is 9.59 Å². The molecule has 0 bridgehead atoms. The maximum atomic E-state index is 11.0. The Bertz CT molecular complexity index is 325. The molecule has 0 heterocycles. The molecule has 9 heteroatoms. The van der Waals surface area contributed by atoms with Crippen molar-refractivity contribution in [2.45, 2.75) is 12.5 Å². The summed E-state index contributed by atoms with van der Waals surface area (Å²) in [6.45, 7) is -1.70. The molecule has 0 aromatic heterocycles. The Balaban J connectivity index is 3.94. The lowest BCUT2D eigenvalue weighted by atomic mass is 10.2. The van der Waals surface area contributed by atoms with E-state index in [1.165, 1.54) is 0 Å². The first-order valence-electron chi connectivity index (χ1n) is 4.34. The molecule has 4 N–H and O–H groups in total. The summed E-state index contributed by atoms with van der Waals surface area (Å²) in [4.78, 5) is 42.0. The number of nitrogens with two attached hydrogens (primary N) is 1. The van der Waals surface area contributed by atoms with Crippen molar-refractivity contribution in [2.24, 2.45) is 5.73 Å². The molecule has 0 aromatic carbocycles. The van der Waals surface area contributed by atoms with E-state index in [2.05, 4.69) is 9.47 Å². The molecule has 0 rings (SSSR count). The second-order valence-corrected chi connectivity index (χ2v) is 2.87. The number of carbonyl (C=O) groups is 4. The molecule has 1 atom stereocenters. The predicted molar refractivity (Wildman–Crippen MR) is 49.8 cm³/mol. The molecular formula is C8H11NO8. The van der Waals surface area contributed by atoms with E-state index in [4.69, 9.17) is 15.9 Å². The second kappa shape index (κ2) is 7.17. The zero-order chi connectivity index (χ0) is 13.4. The van der Waals surface area contributed by atoms with E-state index in [1.807, 2.05) is 0 Å². The van der Waals surface area contributed by atoms with Crippen molar-refractivity contribution in [1.82, 2.24) is 0 Å². The highest BCUT2D eigenvalue weighted by molar-refractivity contribution is 5.84. The Labute approximate surface area is 95.1 Å². The van der Waals surface area contributed by atoms with E-state index in [-0.39, 0.29) is 0 Å². The molecule has 0 aliphatic rings. The van der Waals surface area contributed by atoms with Crippen LogP contribution in [0.25, 0.3) is 0 Å². The van der Waals surface area contributed by atoms with E-state index >= 15 is 0 Å². The first-order chi connectivity index (χ1) is 7.82. The van der Waals surface area contributed by atoms with Crippen LogP contribution in [0.5, 0.6) is 0 Å². The van der Waals surface area contributed by atoms with Gasteiger partial charge >= 0.3 is 23.9 Å². The van der Waals surface area contributed by atoms with Crippen LogP contribution in [-0.2, 0) is 28.7 Å². The smallest absolute Gasteiger partial charge is 0.341 e. The number of hydrogen-bond acceptors (Lipinski definition) is 7. The molecule has 0 aliphatic carbocycles. The van der Waals surface area contributed by atoms with Crippen molar-refractivity contribution in [3.63, 3.8) is 0 Å². The summed E-state index contributed by atoms with van der Waals surface area (Å²) in [5.74, 6) is -4.79. The van der Waals surface area contributed by atoms with E-state index in [0.717, 1.165) is 0 Å². The highest BCUT2D eigenvalue weighted by Gasteiger charge is 2.21. The summed E-state index contributed by atoms with van der Waals surface area (Å²) in [5, 5.41) is 16.4. The number of carbonyl (C=O) groups excluding carboxylic acids is 2. The average molecular weight is 249 g/mol. The number of esters is 2. The van der Waals surface area contributed by atoms with Gasteiger partial charge in [0.15, 0.2) is 13.2 Å². The maximum Gasteiger partial charge on any atom is 0.341 e. The predicted octanol–water partition coefficient (Wildman–Crippen LogP) is -2.04. The van der Waals surface area contributed by atoms with E-state index in [1.54, 1.807) is 0 Å². The zero-order valence-corrected chi connectivity index (χ0v) is 8.62. The number of carboxylic acids is 2. The summed E-state index contributed by atoms with van der Waals surface area (Å²) < 4.78 is 8.41. The van der Waals surface area contributed by atoms with Crippen LogP contribution < -0.4 is 5.73 Å². The van der Waals surface area contributed by atoms with Crippen molar-refractivity contribution in [1.29, 1.82) is 0 Å². The van der Waals surface area contributed by atoms with Crippen molar-refractivity contribution in [3.8, 4) is 0 Å². The van der Waals surface area contributed by atoms with E-state index in [9.17, 15) is 19.2 Å². The number of aliphatic carboxylic acids is 2. The third-order valence-electron chi connectivity index (χ3n) is 1.38. The quantitative estimate of drug-likeness (QED) is 0.433. The van der Waals surface area contributed by atoms with Crippen molar-refractivity contribution in [3.05, 3.63) is 0 Å². The monoisotopic (exact) mass is 249 g/mol. The van der Waals surface area contributed by atoms with Gasteiger partial charge < -0.3 is 25.4 Å². The molecule has 0 saturated heterocycles. The largest absolute Gasteiger partial charge is 0.479 e. The highest BCUT2D eigenvalue weighted by atomic mass is 16.6. The highest BCUT2D eigenvalue weighted by Crippen LogP contribution is 1.95. The minimum Gasteiger partial charge on any atom is -0.479 e.